The van der Waals surface area contributed by atoms with E-state index in [0.29, 0.717) is 11.7 Å². The van der Waals surface area contributed by atoms with E-state index in [1.54, 1.807) is 0 Å². The van der Waals surface area contributed by atoms with E-state index < -0.39 is 0 Å². The van der Waals surface area contributed by atoms with E-state index in [-0.39, 0.29) is 5.41 Å². The number of nitrogens with zero attached hydrogens (tertiary/aromatic N) is 1. The largest absolute Gasteiger partial charge is 0.330 e. The molecular weight excluding hydrogens is 232 g/mol. The van der Waals surface area contributed by atoms with Crippen molar-refractivity contribution in [3.8, 4) is 0 Å². The Morgan fingerprint density at radius 1 is 1.29 bits per heavy atom. The highest BCUT2D eigenvalue weighted by atomic mass is 35.5. The standard InChI is InChI=1S/C14H17ClN2/c1-14(2,9-16)8-11-7-10-5-3-4-6-12(10)17-13(11)15/h3-7H,8-9,16H2,1-2H3. The van der Waals surface area contributed by atoms with Crippen LogP contribution in [0.2, 0.25) is 5.15 Å². The van der Waals surface area contributed by atoms with Gasteiger partial charge in [-0.1, -0.05) is 43.6 Å². The van der Waals surface area contributed by atoms with Gasteiger partial charge >= 0.3 is 0 Å². The molecule has 0 saturated carbocycles. The molecule has 1 heterocycles. The number of hydrogen-bond donors (Lipinski definition) is 1. The molecule has 17 heavy (non-hydrogen) atoms. The van der Waals surface area contributed by atoms with Gasteiger partial charge in [0.05, 0.1) is 5.52 Å². The number of pyridine rings is 1. The maximum absolute atomic E-state index is 6.21. The van der Waals surface area contributed by atoms with Crippen LogP contribution >= 0.6 is 11.6 Å². The molecule has 90 valence electrons. The van der Waals surface area contributed by atoms with E-state index in [1.165, 1.54) is 0 Å². The van der Waals surface area contributed by atoms with Crippen molar-refractivity contribution in [2.45, 2.75) is 20.3 Å². The lowest BCUT2D eigenvalue weighted by Crippen LogP contribution is -2.26. The number of benzene rings is 1. The molecule has 0 fully saturated rings. The number of fused-ring (bicyclic) bond motifs is 1. The molecule has 3 heteroatoms. The van der Waals surface area contributed by atoms with Gasteiger partial charge in [0.1, 0.15) is 5.15 Å². The molecule has 0 aliphatic carbocycles. The van der Waals surface area contributed by atoms with E-state index in [1.807, 2.05) is 18.2 Å². The molecule has 0 bridgehead atoms. The van der Waals surface area contributed by atoms with E-state index >= 15 is 0 Å². The van der Waals surface area contributed by atoms with Crippen molar-refractivity contribution in [2.75, 3.05) is 6.54 Å². The summed E-state index contributed by atoms with van der Waals surface area (Å²) in [6.45, 7) is 4.91. The van der Waals surface area contributed by atoms with Crippen LogP contribution in [0.5, 0.6) is 0 Å². The molecule has 2 nitrogen and oxygen atoms in total. The molecule has 0 unspecified atom stereocenters. The summed E-state index contributed by atoms with van der Waals surface area (Å²) < 4.78 is 0. The highest BCUT2D eigenvalue weighted by molar-refractivity contribution is 6.30. The summed E-state index contributed by atoms with van der Waals surface area (Å²) in [5.74, 6) is 0. The van der Waals surface area contributed by atoms with Crippen molar-refractivity contribution in [2.24, 2.45) is 11.1 Å². The molecule has 0 spiro atoms. The van der Waals surface area contributed by atoms with Crippen LogP contribution < -0.4 is 5.73 Å². The first-order chi connectivity index (χ1) is 8.02. The maximum atomic E-state index is 6.21. The fraction of sp³-hybridized carbons (Fsp3) is 0.357. The number of nitrogens with two attached hydrogens (primary N) is 1. The summed E-state index contributed by atoms with van der Waals surface area (Å²) in [6, 6.07) is 10.1. The second-order valence-electron chi connectivity index (χ2n) is 5.18. The molecule has 1 aromatic heterocycles. The quantitative estimate of drug-likeness (QED) is 0.846. The van der Waals surface area contributed by atoms with Crippen LogP contribution in [0.4, 0.5) is 0 Å². The average Bonchev–Trinajstić information content (AvgIpc) is 2.30. The fourth-order valence-electron chi connectivity index (χ4n) is 1.85. The average molecular weight is 249 g/mol. The van der Waals surface area contributed by atoms with E-state index in [0.717, 1.165) is 22.9 Å². The summed E-state index contributed by atoms with van der Waals surface area (Å²) >= 11 is 6.21. The van der Waals surface area contributed by atoms with Crippen molar-refractivity contribution in [3.05, 3.63) is 41.0 Å². The van der Waals surface area contributed by atoms with Gasteiger partial charge in [0.15, 0.2) is 0 Å². The third kappa shape index (κ3) is 2.76. The maximum Gasteiger partial charge on any atom is 0.132 e. The van der Waals surface area contributed by atoms with Crippen molar-refractivity contribution < 1.29 is 0 Å². The Morgan fingerprint density at radius 3 is 2.71 bits per heavy atom. The first-order valence-electron chi connectivity index (χ1n) is 5.76. The van der Waals surface area contributed by atoms with Gasteiger partial charge in [-0.05, 0) is 36.1 Å². The Labute approximate surface area is 107 Å². The minimum absolute atomic E-state index is 0.0494. The van der Waals surface area contributed by atoms with Crippen molar-refractivity contribution in [1.82, 2.24) is 4.98 Å². The first-order valence-corrected chi connectivity index (χ1v) is 6.14. The molecule has 0 atom stereocenters. The van der Waals surface area contributed by atoms with Crippen LogP contribution in [-0.2, 0) is 6.42 Å². The Hall–Kier alpha value is -1.12. The van der Waals surface area contributed by atoms with Gasteiger partial charge in [0.25, 0.3) is 0 Å². The molecule has 0 amide bonds. The van der Waals surface area contributed by atoms with Crippen LogP contribution in [0, 0.1) is 5.41 Å². The summed E-state index contributed by atoms with van der Waals surface area (Å²) in [7, 11) is 0. The number of rotatable bonds is 3. The lowest BCUT2D eigenvalue weighted by atomic mass is 9.86. The smallest absolute Gasteiger partial charge is 0.132 e. The molecule has 2 aromatic rings. The monoisotopic (exact) mass is 248 g/mol. The minimum atomic E-state index is 0.0494. The van der Waals surface area contributed by atoms with Crippen LogP contribution in [0.3, 0.4) is 0 Å². The van der Waals surface area contributed by atoms with Crippen molar-refractivity contribution in [1.29, 1.82) is 0 Å². The van der Waals surface area contributed by atoms with E-state index in [9.17, 15) is 0 Å². The molecular formula is C14H17ClN2. The minimum Gasteiger partial charge on any atom is -0.330 e. The van der Waals surface area contributed by atoms with Gasteiger partial charge in [0.2, 0.25) is 0 Å². The zero-order valence-corrected chi connectivity index (χ0v) is 11.0. The molecule has 0 aliphatic rings. The topological polar surface area (TPSA) is 38.9 Å². The third-order valence-electron chi connectivity index (χ3n) is 2.97. The van der Waals surface area contributed by atoms with Gasteiger partial charge in [0, 0.05) is 5.39 Å². The second kappa shape index (κ2) is 4.63. The summed E-state index contributed by atoms with van der Waals surface area (Å²) in [6.07, 6.45) is 0.847. The Bertz CT molecular complexity index is 535. The number of para-hydroxylation sites is 1. The summed E-state index contributed by atoms with van der Waals surface area (Å²) in [4.78, 5) is 4.42. The summed E-state index contributed by atoms with van der Waals surface area (Å²) in [5.41, 5.74) is 7.81. The van der Waals surface area contributed by atoms with E-state index in [4.69, 9.17) is 17.3 Å². The molecule has 0 radical (unpaired) electrons. The Balaban J connectivity index is 2.44. The predicted octanol–water partition coefficient (Wildman–Crippen LogP) is 3.42. The van der Waals surface area contributed by atoms with Gasteiger partial charge < -0.3 is 5.73 Å². The highest BCUT2D eigenvalue weighted by Crippen LogP contribution is 2.27. The first kappa shape index (κ1) is 12.3. The molecule has 1 aromatic carbocycles. The fourth-order valence-corrected chi connectivity index (χ4v) is 2.06. The van der Waals surface area contributed by atoms with Crippen molar-refractivity contribution in [3.63, 3.8) is 0 Å². The SMILES string of the molecule is CC(C)(CN)Cc1cc2ccccc2nc1Cl. The number of hydrogen-bond acceptors (Lipinski definition) is 2. The predicted molar refractivity (Wildman–Crippen MR) is 73.3 cm³/mol. The molecule has 0 aliphatic heterocycles. The van der Waals surface area contributed by atoms with Gasteiger partial charge in [-0.15, -0.1) is 0 Å². The Kier molecular flexibility index (Phi) is 3.36. The number of aromatic nitrogens is 1. The van der Waals surface area contributed by atoms with Crippen LogP contribution in [-0.4, -0.2) is 11.5 Å². The molecule has 2 rings (SSSR count). The number of halogens is 1. The van der Waals surface area contributed by atoms with Crippen LogP contribution in [0.15, 0.2) is 30.3 Å². The van der Waals surface area contributed by atoms with Crippen molar-refractivity contribution >= 4 is 22.5 Å². The zero-order chi connectivity index (χ0) is 12.5. The second-order valence-corrected chi connectivity index (χ2v) is 5.53. The molecule has 2 N–H and O–H groups in total. The zero-order valence-electron chi connectivity index (χ0n) is 10.2. The Morgan fingerprint density at radius 2 is 2.00 bits per heavy atom. The van der Waals surface area contributed by atoms with Gasteiger partial charge in [-0.2, -0.15) is 0 Å². The normalized spacial score (nSPS) is 12.0. The van der Waals surface area contributed by atoms with E-state index in [2.05, 4.69) is 31.0 Å². The van der Waals surface area contributed by atoms with Gasteiger partial charge in [-0.3, -0.25) is 0 Å². The summed E-state index contributed by atoms with van der Waals surface area (Å²) in [5, 5.41) is 1.71. The van der Waals surface area contributed by atoms with Crippen LogP contribution in [0.1, 0.15) is 19.4 Å². The highest BCUT2D eigenvalue weighted by Gasteiger charge is 2.18. The third-order valence-corrected chi connectivity index (χ3v) is 3.30. The lowest BCUT2D eigenvalue weighted by molar-refractivity contribution is 0.376. The van der Waals surface area contributed by atoms with Crippen LogP contribution in [0.25, 0.3) is 10.9 Å². The molecule has 0 saturated heterocycles. The lowest BCUT2D eigenvalue weighted by Gasteiger charge is -2.22. The van der Waals surface area contributed by atoms with Gasteiger partial charge in [-0.25, -0.2) is 4.98 Å².